The number of sulfonamides is 1. The molecule has 1 amide bonds. The molecule has 6 nitrogen and oxygen atoms in total. The first kappa shape index (κ1) is 23.9. The SMILES string of the molecule is COc1ccccc1[C@H](C)NC(=O)CN(c1cc(Cl)cc(Cl)c1)S(=O)(=O)c1ccccc1. The molecule has 1 atom stereocenters. The Morgan fingerprint density at radius 3 is 2.22 bits per heavy atom. The van der Waals surface area contributed by atoms with Gasteiger partial charge in [0.25, 0.3) is 10.0 Å². The van der Waals surface area contributed by atoms with Gasteiger partial charge in [-0.1, -0.05) is 59.6 Å². The van der Waals surface area contributed by atoms with Gasteiger partial charge in [-0.15, -0.1) is 0 Å². The standard InChI is InChI=1S/C23H22Cl2N2O4S/c1-16(21-10-6-7-11-22(21)31-2)26-23(28)15-27(19-13-17(24)12-18(25)14-19)32(29,30)20-8-4-3-5-9-20/h3-14,16H,15H2,1-2H3,(H,26,28)/t16-/m0/s1. The van der Waals surface area contributed by atoms with Gasteiger partial charge in [0.05, 0.1) is 23.7 Å². The summed E-state index contributed by atoms with van der Waals surface area (Å²) in [5, 5.41) is 3.34. The van der Waals surface area contributed by atoms with Crippen LogP contribution in [0.4, 0.5) is 5.69 Å². The first-order chi connectivity index (χ1) is 15.2. The molecular formula is C23H22Cl2N2O4S. The van der Waals surface area contributed by atoms with Gasteiger partial charge in [0.1, 0.15) is 12.3 Å². The van der Waals surface area contributed by atoms with Crippen molar-refractivity contribution in [1.29, 1.82) is 0 Å². The molecule has 32 heavy (non-hydrogen) atoms. The molecule has 0 aromatic heterocycles. The summed E-state index contributed by atoms with van der Waals surface area (Å²) in [6, 6.07) is 19.1. The van der Waals surface area contributed by atoms with Crippen molar-refractivity contribution in [3.8, 4) is 5.75 Å². The molecule has 0 fully saturated rings. The second kappa shape index (κ2) is 10.3. The molecule has 0 saturated heterocycles. The molecule has 0 radical (unpaired) electrons. The molecule has 0 aliphatic heterocycles. The Hall–Kier alpha value is -2.74. The highest BCUT2D eigenvalue weighted by Gasteiger charge is 2.28. The molecule has 0 aliphatic rings. The number of para-hydroxylation sites is 1. The number of rotatable bonds is 8. The fraction of sp³-hybridized carbons (Fsp3) is 0.174. The molecule has 9 heteroatoms. The maximum Gasteiger partial charge on any atom is 0.264 e. The number of ether oxygens (including phenoxy) is 1. The Labute approximate surface area is 197 Å². The van der Waals surface area contributed by atoms with Gasteiger partial charge in [0.2, 0.25) is 5.91 Å². The van der Waals surface area contributed by atoms with E-state index in [9.17, 15) is 13.2 Å². The van der Waals surface area contributed by atoms with Crippen molar-refractivity contribution in [2.45, 2.75) is 17.9 Å². The van der Waals surface area contributed by atoms with Crippen molar-refractivity contribution >= 4 is 44.8 Å². The van der Waals surface area contributed by atoms with E-state index in [0.29, 0.717) is 5.75 Å². The van der Waals surface area contributed by atoms with Gasteiger partial charge < -0.3 is 10.1 Å². The molecule has 0 unspecified atom stereocenters. The summed E-state index contributed by atoms with van der Waals surface area (Å²) < 4.78 is 33.1. The number of nitrogens with zero attached hydrogens (tertiary/aromatic N) is 1. The first-order valence-electron chi connectivity index (χ1n) is 9.68. The van der Waals surface area contributed by atoms with E-state index in [0.717, 1.165) is 9.87 Å². The maximum atomic E-state index is 13.4. The lowest BCUT2D eigenvalue weighted by molar-refractivity contribution is -0.120. The average molecular weight is 493 g/mol. The highest BCUT2D eigenvalue weighted by molar-refractivity contribution is 7.92. The zero-order valence-corrected chi connectivity index (χ0v) is 19.8. The molecule has 3 aromatic rings. The third kappa shape index (κ3) is 5.54. The molecule has 0 heterocycles. The minimum absolute atomic E-state index is 0.0432. The zero-order chi connectivity index (χ0) is 23.3. The summed E-state index contributed by atoms with van der Waals surface area (Å²) >= 11 is 12.2. The van der Waals surface area contributed by atoms with Crippen LogP contribution in [-0.4, -0.2) is 28.0 Å². The minimum Gasteiger partial charge on any atom is -0.496 e. The third-order valence-corrected chi connectivity index (χ3v) is 6.96. The molecule has 168 valence electrons. The van der Waals surface area contributed by atoms with Crippen molar-refractivity contribution in [3.05, 3.63) is 88.4 Å². The van der Waals surface area contributed by atoms with Gasteiger partial charge >= 0.3 is 0 Å². The second-order valence-electron chi connectivity index (χ2n) is 6.98. The Morgan fingerprint density at radius 2 is 1.59 bits per heavy atom. The van der Waals surface area contributed by atoms with Gasteiger partial charge in [-0.25, -0.2) is 8.42 Å². The van der Waals surface area contributed by atoms with E-state index >= 15 is 0 Å². The highest BCUT2D eigenvalue weighted by Crippen LogP contribution is 2.30. The molecular weight excluding hydrogens is 471 g/mol. The van der Waals surface area contributed by atoms with E-state index in [4.69, 9.17) is 27.9 Å². The lowest BCUT2D eigenvalue weighted by atomic mass is 10.1. The van der Waals surface area contributed by atoms with Crippen LogP contribution >= 0.6 is 23.2 Å². The van der Waals surface area contributed by atoms with Crippen LogP contribution in [0.25, 0.3) is 0 Å². The topological polar surface area (TPSA) is 75.7 Å². The molecule has 3 rings (SSSR count). The largest absolute Gasteiger partial charge is 0.496 e. The van der Waals surface area contributed by atoms with Gasteiger partial charge in [0.15, 0.2) is 0 Å². The van der Waals surface area contributed by atoms with Crippen molar-refractivity contribution < 1.29 is 17.9 Å². The smallest absolute Gasteiger partial charge is 0.264 e. The van der Waals surface area contributed by atoms with E-state index < -0.39 is 28.5 Å². The van der Waals surface area contributed by atoms with E-state index in [1.807, 2.05) is 18.2 Å². The Kier molecular flexibility index (Phi) is 7.66. The maximum absolute atomic E-state index is 13.4. The van der Waals surface area contributed by atoms with E-state index in [1.54, 1.807) is 38.3 Å². The van der Waals surface area contributed by atoms with Crippen molar-refractivity contribution in [3.63, 3.8) is 0 Å². The number of amides is 1. The summed E-state index contributed by atoms with van der Waals surface area (Å²) in [4.78, 5) is 13.0. The van der Waals surface area contributed by atoms with Crippen LogP contribution in [0.3, 0.4) is 0 Å². The summed E-state index contributed by atoms with van der Waals surface area (Å²) in [6.07, 6.45) is 0. The Balaban J connectivity index is 1.93. The second-order valence-corrected chi connectivity index (χ2v) is 9.72. The molecule has 0 aliphatic carbocycles. The van der Waals surface area contributed by atoms with E-state index in [2.05, 4.69) is 5.32 Å². The van der Waals surface area contributed by atoms with E-state index in [-0.39, 0.29) is 20.6 Å². The lowest BCUT2D eigenvalue weighted by Crippen LogP contribution is -2.41. The number of halogens is 2. The quantitative estimate of drug-likeness (QED) is 0.475. The predicted octanol–water partition coefficient (Wildman–Crippen LogP) is 5.07. The number of nitrogens with one attached hydrogen (secondary N) is 1. The van der Waals surface area contributed by atoms with Crippen LogP contribution in [0, 0.1) is 0 Å². The third-order valence-electron chi connectivity index (χ3n) is 4.74. The van der Waals surface area contributed by atoms with Crippen LogP contribution in [0.5, 0.6) is 5.75 Å². The lowest BCUT2D eigenvalue weighted by Gasteiger charge is -2.25. The van der Waals surface area contributed by atoms with Gasteiger partial charge in [-0.05, 0) is 43.3 Å². The molecule has 0 bridgehead atoms. The Morgan fingerprint density at radius 1 is 1.00 bits per heavy atom. The number of hydrogen-bond donors (Lipinski definition) is 1. The van der Waals surface area contributed by atoms with Crippen molar-refractivity contribution in [2.24, 2.45) is 0 Å². The summed E-state index contributed by atoms with van der Waals surface area (Å²) in [5.41, 5.74) is 0.957. The number of anilines is 1. The number of carbonyl (C=O) groups excluding carboxylic acids is 1. The zero-order valence-electron chi connectivity index (χ0n) is 17.5. The fourth-order valence-electron chi connectivity index (χ4n) is 3.24. The van der Waals surface area contributed by atoms with Crippen LogP contribution < -0.4 is 14.4 Å². The van der Waals surface area contributed by atoms with Crippen LogP contribution in [-0.2, 0) is 14.8 Å². The molecule has 1 N–H and O–H groups in total. The van der Waals surface area contributed by atoms with Gasteiger partial charge in [-0.2, -0.15) is 0 Å². The Bertz CT molecular complexity index is 1180. The molecule has 0 spiro atoms. The van der Waals surface area contributed by atoms with Gasteiger partial charge in [-0.3, -0.25) is 9.10 Å². The normalized spacial score (nSPS) is 12.1. The average Bonchev–Trinajstić information content (AvgIpc) is 2.77. The molecule has 0 saturated carbocycles. The predicted molar refractivity (Wildman–Crippen MR) is 127 cm³/mol. The number of hydrogen-bond acceptors (Lipinski definition) is 4. The fourth-order valence-corrected chi connectivity index (χ4v) is 5.18. The van der Waals surface area contributed by atoms with E-state index in [1.165, 1.54) is 30.3 Å². The summed E-state index contributed by atoms with van der Waals surface area (Å²) in [5.74, 6) is 0.120. The van der Waals surface area contributed by atoms with Crippen molar-refractivity contribution in [2.75, 3.05) is 18.0 Å². The van der Waals surface area contributed by atoms with Crippen LogP contribution in [0.15, 0.2) is 77.7 Å². The number of benzene rings is 3. The summed E-state index contributed by atoms with van der Waals surface area (Å²) in [7, 11) is -2.52. The highest BCUT2D eigenvalue weighted by atomic mass is 35.5. The monoisotopic (exact) mass is 492 g/mol. The number of methoxy groups -OCH3 is 1. The van der Waals surface area contributed by atoms with Crippen LogP contribution in [0.1, 0.15) is 18.5 Å². The van der Waals surface area contributed by atoms with Crippen LogP contribution in [0.2, 0.25) is 10.0 Å². The molecule has 3 aromatic carbocycles. The minimum atomic E-state index is -4.07. The summed E-state index contributed by atoms with van der Waals surface area (Å²) in [6.45, 7) is 1.33. The van der Waals surface area contributed by atoms with Crippen molar-refractivity contribution in [1.82, 2.24) is 5.32 Å². The number of carbonyl (C=O) groups is 1. The van der Waals surface area contributed by atoms with Gasteiger partial charge in [0, 0.05) is 15.6 Å². The first-order valence-corrected chi connectivity index (χ1v) is 11.9.